The van der Waals surface area contributed by atoms with Crippen LogP contribution < -0.4 is 5.32 Å². The summed E-state index contributed by atoms with van der Waals surface area (Å²) < 4.78 is 0. The van der Waals surface area contributed by atoms with Crippen molar-refractivity contribution in [3.63, 3.8) is 0 Å². The number of thiazole rings is 1. The first-order valence-corrected chi connectivity index (χ1v) is 8.75. The third-order valence-electron chi connectivity index (χ3n) is 4.59. The molecule has 1 aliphatic carbocycles. The quantitative estimate of drug-likeness (QED) is 0.906. The van der Waals surface area contributed by atoms with Crippen LogP contribution in [0.4, 0.5) is 0 Å². The molecule has 112 valence electrons. The van der Waals surface area contributed by atoms with E-state index < -0.39 is 0 Å². The summed E-state index contributed by atoms with van der Waals surface area (Å²) in [4.78, 5) is 5.87. The number of nitrogens with zero attached hydrogens (tertiary/aromatic N) is 1. The second-order valence-corrected chi connectivity index (χ2v) is 7.41. The highest BCUT2D eigenvalue weighted by Gasteiger charge is 2.36. The third kappa shape index (κ3) is 3.04. The van der Waals surface area contributed by atoms with Crippen LogP contribution in [0.5, 0.6) is 0 Å². The monoisotopic (exact) mass is 300 g/mol. The van der Waals surface area contributed by atoms with E-state index in [4.69, 9.17) is 0 Å². The number of benzene rings is 1. The molecule has 0 radical (unpaired) electrons. The van der Waals surface area contributed by atoms with Crippen LogP contribution in [0.2, 0.25) is 0 Å². The molecule has 21 heavy (non-hydrogen) atoms. The maximum Gasteiger partial charge on any atom is 0.0896 e. The van der Waals surface area contributed by atoms with E-state index in [-0.39, 0.29) is 5.41 Å². The van der Waals surface area contributed by atoms with Gasteiger partial charge in [-0.1, -0.05) is 31.2 Å². The Kier molecular flexibility index (Phi) is 4.41. The number of hydrogen-bond acceptors (Lipinski definition) is 3. The van der Waals surface area contributed by atoms with Gasteiger partial charge in [-0.3, -0.25) is 0 Å². The second-order valence-electron chi connectivity index (χ2n) is 6.09. The number of likely N-dealkylation sites (N-methyl/N-ethyl adjacent to an activating group) is 1. The van der Waals surface area contributed by atoms with Gasteiger partial charge in [0.05, 0.1) is 5.01 Å². The Bertz CT molecular complexity index is 605. The maximum absolute atomic E-state index is 4.45. The van der Waals surface area contributed by atoms with E-state index in [0.717, 1.165) is 19.5 Å². The average Bonchev–Trinajstić information content (AvgIpc) is 2.91. The molecule has 3 heteroatoms. The van der Waals surface area contributed by atoms with Crippen molar-refractivity contribution in [1.29, 1.82) is 0 Å². The zero-order valence-corrected chi connectivity index (χ0v) is 13.8. The van der Waals surface area contributed by atoms with Gasteiger partial charge in [0.1, 0.15) is 0 Å². The Morgan fingerprint density at radius 1 is 1.33 bits per heavy atom. The first kappa shape index (κ1) is 14.7. The fourth-order valence-electron chi connectivity index (χ4n) is 3.62. The molecule has 2 aromatic rings. The van der Waals surface area contributed by atoms with Crippen LogP contribution in [-0.4, -0.2) is 18.1 Å². The van der Waals surface area contributed by atoms with Crippen molar-refractivity contribution in [3.8, 4) is 0 Å². The lowest BCUT2D eigenvalue weighted by Gasteiger charge is -2.39. The summed E-state index contributed by atoms with van der Waals surface area (Å²) in [5, 5.41) is 4.78. The lowest BCUT2D eigenvalue weighted by molar-refractivity contribution is 0.340. The number of aryl methyl sites for hydroxylation is 2. The highest BCUT2D eigenvalue weighted by Crippen LogP contribution is 2.40. The third-order valence-corrected chi connectivity index (χ3v) is 5.50. The molecule has 0 fully saturated rings. The highest BCUT2D eigenvalue weighted by atomic mass is 32.1. The predicted octanol–water partition coefficient (Wildman–Crippen LogP) is 3.88. The Labute approximate surface area is 131 Å². The molecule has 1 atom stereocenters. The van der Waals surface area contributed by atoms with Crippen LogP contribution >= 0.6 is 11.3 Å². The fourth-order valence-corrected chi connectivity index (χ4v) is 4.56. The molecule has 3 rings (SSSR count). The molecule has 1 aliphatic rings. The minimum atomic E-state index is 0.240. The van der Waals surface area contributed by atoms with Gasteiger partial charge >= 0.3 is 0 Å². The van der Waals surface area contributed by atoms with Gasteiger partial charge in [-0.2, -0.15) is 0 Å². The molecule has 2 nitrogen and oxygen atoms in total. The lowest BCUT2D eigenvalue weighted by Crippen LogP contribution is -2.42. The Balaban J connectivity index is 1.97. The van der Waals surface area contributed by atoms with E-state index >= 15 is 0 Å². The molecule has 1 N–H and O–H groups in total. The summed E-state index contributed by atoms with van der Waals surface area (Å²) >= 11 is 1.85. The largest absolute Gasteiger partial charge is 0.316 e. The Morgan fingerprint density at radius 3 is 2.95 bits per heavy atom. The lowest BCUT2D eigenvalue weighted by atomic mass is 9.67. The number of rotatable bonds is 5. The van der Waals surface area contributed by atoms with Crippen LogP contribution in [0, 0.1) is 6.92 Å². The van der Waals surface area contributed by atoms with Gasteiger partial charge < -0.3 is 5.32 Å². The summed E-state index contributed by atoms with van der Waals surface area (Å²) in [6.07, 6.45) is 6.98. The molecule has 0 spiro atoms. The van der Waals surface area contributed by atoms with Crippen molar-refractivity contribution in [2.45, 2.75) is 44.9 Å². The zero-order chi connectivity index (χ0) is 14.7. The van der Waals surface area contributed by atoms with E-state index in [1.807, 2.05) is 11.3 Å². The average molecular weight is 300 g/mol. The first-order valence-electron chi connectivity index (χ1n) is 7.94. The van der Waals surface area contributed by atoms with E-state index in [1.54, 1.807) is 11.1 Å². The zero-order valence-electron chi connectivity index (χ0n) is 13.0. The fraction of sp³-hybridized carbons (Fsp3) is 0.500. The van der Waals surface area contributed by atoms with Crippen LogP contribution in [0.15, 0.2) is 30.5 Å². The minimum Gasteiger partial charge on any atom is -0.316 e. The van der Waals surface area contributed by atoms with E-state index in [0.29, 0.717) is 0 Å². The van der Waals surface area contributed by atoms with E-state index in [2.05, 4.69) is 54.6 Å². The number of hydrogen-bond donors (Lipinski definition) is 1. The van der Waals surface area contributed by atoms with Crippen molar-refractivity contribution < 1.29 is 0 Å². The normalized spacial score (nSPS) is 21.2. The molecule has 1 heterocycles. The van der Waals surface area contributed by atoms with Gasteiger partial charge in [-0.25, -0.2) is 4.98 Å². The van der Waals surface area contributed by atoms with Crippen LogP contribution in [-0.2, 0) is 18.3 Å². The maximum atomic E-state index is 4.45. The summed E-state index contributed by atoms with van der Waals surface area (Å²) in [6, 6.07) is 9.04. The molecule has 0 saturated heterocycles. The predicted molar refractivity (Wildman–Crippen MR) is 90.2 cm³/mol. The minimum absolute atomic E-state index is 0.240. The van der Waals surface area contributed by atoms with Gasteiger partial charge in [0.2, 0.25) is 0 Å². The molecule has 0 bridgehead atoms. The summed E-state index contributed by atoms with van der Waals surface area (Å²) in [7, 11) is 0. The molecule has 0 amide bonds. The van der Waals surface area contributed by atoms with Crippen molar-refractivity contribution in [1.82, 2.24) is 10.3 Å². The molecule has 1 aromatic heterocycles. The molecular weight excluding hydrogens is 276 g/mol. The van der Waals surface area contributed by atoms with E-state index in [9.17, 15) is 0 Å². The molecule has 1 aromatic carbocycles. The van der Waals surface area contributed by atoms with Gasteiger partial charge in [0.15, 0.2) is 0 Å². The molecule has 0 aliphatic heterocycles. The SMILES string of the molecule is CCNCC1(Cc2cnc(C)s2)CCCc2ccccc21. The van der Waals surface area contributed by atoms with Gasteiger partial charge in [-0.05, 0) is 50.3 Å². The molecular formula is C18H24N2S. The van der Waals surface area contributed by atoms with Crippen molar-refractivity contribution in [2.24, 2.45) is 0 Å². The van der Waals surface area contributed by atoms with Crippen molar-refractivity contribution in [2.75, 3.05) is 13.1 Å². The number of nitrogens with one attached hydrogen (secondary N) is 1. The summed E-state index contributed by atoms with van der Waals surface area (Å²) in [5.74, 6) is 0. The number of aromatic nitrogens is 1. The van der Waals surface area contributed by atoms with Crippen molar-refractivity contribution in [3.05, 3.63) is 51.5 Å². The van der Waals surface area contributed by atoms with Crippen LogP contribution in [0.3, 0.4) is 0 Å². The van der Waals surface area contributed by atoms with E-state index in [1.165, 1.54) is 29.1 Å². The van der Waals surface area contributed by atoms with Gasteiger partial charge in [-0.15, -0.1) is 11.3 Å². The summed E-state index contributed by atoms with van der Waals surface area (Å²) in [5.41, 5.74) is 3.34. The Hall–Kier alpha value is -1.19. The topological polar surface area (TPSA) is 24.9 Å². The molecule has 1 unspecified atom stereocenters. The second kappa shape index (κ2) is 6.29. The standard InChI is InChI=1S/C18H24N2S/c1-3-19-13-18(11-16-12-20-14(2)21-16)10-6-8-15-7-4-5-9-17(15)18/h4-5,7,9,12,19H,3,6,8,10-11,13H2,1-2H3. The summed E-state index contributed by atoms with van der Waals surface area (Å²) in [6.45, 7) is 6.39. The first-order chi connectivity index (χ1) is 10.2. The van der Waals surface area contributed by atoms with Crippen LogP contribution in [0.1, 0.15) is 40.8 Å². The highest BCUT2D eigenvalue weighted by molar-refractivity contribution is 7.11. The molecule has 0 saturated carbocycles. The Morgan fingerprint density at radius 2 is 2.19 bits per heavy atom. The number of fused-ring (bicyclic) bond motifs is 1. The smallest absolute Gasteiger partial charge is 0.0896 e. The van der Waals surface area contributed by atoms with Crippen molar-refractivity contribution >= 4 is 11.3 Å². The van der Waals surface area contributed by atoms with Gasteiger partial charge in [0, 0.05) is 23.0 Å². The van der Waals surface area contributed by atoms with Gasteiger partial charge in [0.25, 0.3) is 0 Å². The van der Waals surface area contributed by atoms with Crippen LogP contribution in [0.25, 0.3) is 0 Å².